The van der Waals surface area contributed by atoms with Gasteiger partial charge in [0.1, 0.15) is 0 Å². The number of benzene rings is 1. The van der Waals surface area contributed by atoms with Crippen molar-refractivity contribution >= 4 is 15.9 Å². The van der Waals surface area contributed by atoms with E-state index in [1.54, 1.807) is 19.1 Å². The lowest BCUT2D eigenvalue weighted by Gasteiger charge is -2.23. The van der Waals surface area contributed by atoms with Crippen LogP contribution in [-0.4, -0.2) is 15.0 Å². The lowest BCUT2D eigenvalue weighted by molar-refractivity contribution is 0.506. The smallest absolute Gasteiger partial charge is 0.271 e. The number of hydrogen-bond donors (Lipinski definition) is 2. The molecular formula is C13H22N2O2S. The van der Waals surface area contributed by atoms with Gasteiger partial charge in [0, 0.05) is 12.2 Å². The van der Waals surface area contributed by atoms with Gasteiger partial charge >= 0.3 is 0 Å². The van der Waals surface area contributed by atoms with Crippen molar-refractivity contribution in [2.24, 2.45) is 0 Å². The number of nitrogens with one attached hydrogen (secondary N) is 2. The normalized spacial score (nSPS) is 12.4. The minimum atomic E-state index is -3.44. The zero-order valence-corrected chi connectivity index (χ0v) is 12.3. The fourth-order valence-electron chi connectivity index (χ4n) is 1.57. The summed E-state index contributed by atoms with van der Waals surface area (Å²) in [5.41, 5.74) is 1.89. The molecule has 0 aliphatic rings. The highest BCUT2D eigenvalue weighted by molar-refractivity contribution is 7.90. The summed E-state index contributed by atoms with van der Waals surface area (Å²) in [6.07, 6.45) is 1.04. The number of rotatable bonds is 6. The van der Waals surface area contributed by atoms with Crippen molar-refractivity contribution in [2.45, 2.75) is 39.5 Å². The first-order valence-corrected chi connectivity index (χ1v) is 7.67. The zero-order valence-electron chi connectivity index (χ0n) is 11.4. The van der Waals surface area contributed by atoms with Gasteiger partial charge in [-0.05, 0) is 29.5 Å². The molecule has 0 spiro atoms. The molecule has 5 heteroatoms. The maximum absolute atomic E-state index is 11.5. The van der Waals surface area contributed by atoms with E-state index < -0.39 is 10.2 Å². The summed E-state index contributed by atoms with van der Waals surface area (Å²) in [6.45, 7) is 8.60. The van der Waals surface area contributed by atoms with Crippen molar-refractivity contribution in [1.29, 1.82) is 0 Å². The Kier molecular flexibility index (Phi) is 4.76. The van der Waals surface area contributed by atoms with E-state index in [1.165, 1.54) is 5.56 Å². The summed E-state index contributed by atoms with van der Waals surface area (Å²) in [5, 5.41) is 0. The van der Waals surface area contributed by atoms with Gasteiger partial charge in [-0.3, -0.25) is 4.72 Å². The topological polar surface area (TPSA) is 58.2 Å². The summed E-state index contributed by atoms with van der Waals surface area (Å²) in [7, 11) is -3.44. The van der Waals surface area contributed by atoms with E-state index in [4.69, 9.17) is 0 Å². The first kappa shape index (κ1) is 15.0. The SMILES string of the molecule is CCNS(=O)(=O)Nc1ccc(C(C)(C)CC)cc1. The van der Waals surface area contributed by atoms with Crippen LogP contribution >= 0.6 is 0 Å². The molecule has 0 aliphatic heterocycles. The Labute approximate surface area is 110 Å². The molecule has 0 saturated heterocycles. The Bertz CT molecular complexity index is 478. The molecule has 0 saturated carbocycles. The van der Waals surface area contributed by atoms with Crippen LogP contribution in [0, 0.1) is 0 Å². The number of anilines is 1. The van der Waals surface area contributed by atoms with Crippen LogP contribution < -0.4 is 9.44 Å². The molecular weight excluding hydrogens is 248 g/mol. The molecule has 0 fully saturated rings. The Balaban J connectivity index is 2.85. The van der Waals surface area contributed by atoms with Gasteiger partial charge in [0.25, 0.3) is 10.2 Å². The van der Waals surface area contributed by atoms with Gasteiger partial charge in [0.05, 0.1) is 0 Å². The van der Waals surface area contributed by atoms with Crippen molar-refractivity contribution in [2.75, 3.05) is 11.3 Å². The van der Waals surface area contributed by atoms with E-state index in [2.05, 4.69) is 30.2 Å². The second-order valence-electron chi connectivity index (χ2n) is 4.92. The van der Waals surface area contributed by atoms with Crippen LogP contribution in [0.15, 0.2) is 24.3 Å². The maximum atomic E-state index is 11.5. The molecule has 1 rings (SSSR count). The van der Waals surface area contributed by atoms with Crippen LogP contribution in [0.25, 0.3) is 0 Å². The molecule has 0 bridgehead atoms. The van der Waals surface area contributed by atoms with E-state index >= 15 is 0 Å². The van der Waals surface area contributed by atoms with E-state index in [0.29, 0.717) is 12.2 Å². The molecule has 0 amide bonds. The van der Waals surface area contributed by atoms with Gasteiger partial charge < -0.3 is 0 Å². The molecule has 2 N–H and O–H groups in total. The molecule has 0 unspecified atom stereocenters. The van der Waals surface area contributed by atoms with Crippen LogP contribution in [0.1, 0.15) is 39.7 Å². The van der Waals surface area contributed by atoms with Crippen LogP contribution in [0.3, 0.4) is 0 Å². The fourth-order valence-corrected chi connectivity index (χ4v) is 2.47. The Hall–Kier alpha value is -1.07. The van der Waals surface area contributed by atoms with Gasteiger partial charge in [0.2, 0.25) is 0 Å². The summed E-state index contributed by atoms with van der Waals surface area (Å²) in [5.74, 6) is 0. The van der Waals surface area contributed by atoms with Gasteiger partial charge in [-0.1, -0.05) is 39.8 Å². The minimum Gasteiger partial charge on any atom is -0.271 e. The van der Waals surface area contributed by atoms with E-state index in [-0.39, 0.29) is 5.41 Å². The third-order valence-corrected chi connectivity index (χ3v) is 4.31. The van der Waals surface area contributed by atoms with Crippen LogP contribution in [-0.2, 0) is 15.6 Å². The molecule has 0 radical (unpaired) electrons. The highest BCUT2D eigenvalue weighted by atomic mass is 32.2. The second-order valence-corrected chi connectivity index (χ2v) is 6.42. The molecule has 0 aromatic heterocycles. The standard InChI is InChI=1S/C13H22N2O2S/c1-5-13(3,4)11-7-9-12(10-8-11)15-18(16,17)14-6-2/h7-10,14-15H,5-6H2,1-4H3. The first-order valence-electron chi connectivity index (χ1n) is 6.18. The van der Waals surface area contributed by atoms with Crippen molar-refractivity contribution in [3.05, 3.63) is 29.8 Å². The zero-order chi connectivity index (χ0) is 13.8. The summed E-state index contributed by atoms with van der Waals surface area (Å²) >= 11 is 0. The summed E-state index contributed by atoms with van der Waals surface area (Å²) < 4.78 is 27.9. The molecule has 0 aliphatic carbocycles. The van der Waals surface area contributed by atoms with E-state index in [9.17, 15) is 8.42 Å². The molecule has 0 heterocycles. The average molecular weight is 270 g/mol. The summed E-state index contributed by atoms with van der Waals surface area (Å²) in [6, 6.07) is 7.52. The molecule has 0 atom stereocenters. The minimum absolute atomic E-state index is 0.110. The van der Waals surface area contributed by atoms with Gasteiger partial charge in [0.15, 0.2) is 0 Å². The monoisotopic (exact) mass is 270 g/mol. The van der Waals surface area contributed by atoms with Crippen molar-refractivity contribution in [3.63, 3.8) is 0 Å². The van der Waals surface area contributed by atoms with Crippen LogP contribution in [0.4, 0.5) is 5.69 Å². The third kappa shape index (κ3) is 3.99. The maximum Gasteiger partial charge on any atom is 0.299 e. The molecule has 1 aromatic carbocycles. The Morgan fingerprint density at radius 3 is 2.11 bits per heavy atom. The predicted octanol–water partition coefficient (Wildman–Crippen LogP) is 2.64. The Morgan fingerprint density at radius 1 is 1.11 bits per heavy atom. The van der Waals surface area contributed by atoms with Crippen molar-refractivity contribution in [1.82, 2.24) is 4.72 Å². The van der Waals surface area contributed by atoms with Crippen molar-refractivity contribution in [3.8, 4) is 0 Å². The lowest BCUT2D eigenvalue weighted by Crippen LogP contribution is -2.29. The second kappa shape index (κ2) is 5.71. The van der Waals surface area contributed by atoms with E-state index in [1.807, 2.05) is 12.1 Å². The van der Waals surface area contributed by atoms with Crippen molar-refractivity contribution < 1.29 is 8.42 Å². The van der Waals surface area contributed by atoms with Gasteiger partial charge in [-0.25, -0.2) is 0 Å². The lowest BCUT2D eigenvalue weighted by atomic mass is 9.82. The van der Waals surface area contributed by atoms with Gasteiger partial charge in [-0.15, -0.1) is 0 Å². The first-order chi connectivity index (χ1) is 8.30. The number of hydrogen-bond acceptors (Lipinski definition) is 2. The van der Waals surface area contributed by atoms with Crippen LogP contribution in [0.5, 0.6) is 0 Å². The highest BCUT2D eigenvalue weighted by Crippen LogP contribution is 2.27. The molecule has 18 heavy (non-hydrogen) atoms. The third-order valence-electron chi connectivity index (χ3n) is 3.14. The molecule has 1 aromatic rings. The largest absolute Gasteiger partial charge is 0.299 e. The average Bonchev–Trinajstić information content (AvgIpc) is 2.29. The summed E-state index contributed by atoms with van der Waals surface area (Å²) in [4.78, 5) is 0. The molecule has 102 valence electrons. The quantitative estimate of drug-likeness (QED) is 0.835. The van der Waals surface area contributed by atoms with Crippen LogP contribution in [0.2, 0.25) is 0 Å². The predicted molar refractivity (Wildman–Crippen MR) is 76.0 cm³/mol. The van der Waals surface area contributed by atoms with E-state index in [0.717, 1.165) is 6.42 Å². The molecule has 4 nitrogen and oxygen atoms in total. The fraction of sp³-hybridized carbons (Fsp3) is 0.538. The Morgan fingerprint density at radius 2 is 1.67 bits per heavy atom. The van der Waals surface area contributed by atoms with Gasteiger partial charge in [-0.2, -0.15) is 13.1 Å². The highest BCUT2D eigenvalue weighted by Gasteiger charge is 2.17.